The highest BCUT2D eigenvalue weighted by Gasteiger charge is 2.39. The quantitative estimate of drug-likeness (QED) is 0.654. The summed E-state index contributed by atoms with van der Waals surface area (Å²) in [4.78, 5) is 26.4. The van der Waals surface area contributed by atoms with Gasteiger partial charge in [0, 0.05) is 5.56 Å². The van der Waals surface area contributed by atoms with Gasteiger partial charge in [-0.3, -0.25) is 15.6 Å². The summed E-state index contributed by atoms with van der Waals surface area (Å²) < 4.78 is 46.3. The van der Waals surface area contributed by atoms with Crippen LogP contribution in [-0.2, 0) is 9.53 Å². The Morgan fingerprint density at radius 1 is 1.21 bits per heavy atom. The predicted octanol–water partition coefficient (Wildman–Crippen LogP) is 2.44. The highest BCUT2D eigenvalue weighted by Crippen LogP contribution is 2.26. The van der Waals surface area contributed by atoms with Crippen molar-refractivity contribution in [3.05, 3.63) is 35.5 Å². The van der Waals surface area contributed by atoms with E-state index in [2.05, 4.69) is 9.72 Å². The van der Waals surface area contributed by atoms with Gasteiger partial charge in [-0.2, -0.15) is 18.2 Å². The van der Waals surface area contributed by atoms with Gasteiger partial charge in [0.05, 0.1) is 7.11 Å². The maximum absolute atomic E-state index is 12.2. The van der Waals surface area contributed by atoms with Crippen LogP contribution in [0.3, 0.4) is 0 Å². The summed E-state index contributed by atoms with van der Waals surface area (Å²) in [6.45, 7) is 1.86. The van der Waals surface area contributed by atoms with E-state index in [-0.39, 0.29) is 5.89 Å². The molecule has 2 rings (SSSR count). The van der Waals surface area contributed by atoms with Crippen molar-refractivity contribution in [3.8, 4) is 11.5 Å². The molecule has 0 aliphatic heterocycles. The summed E-state index contributed by atoms with van der Waals surface area (Å²) in [6, 6.07) is 6.83. The average Bonchev–Trinajstić information content (AvgIpc) is 2.95. The first-order valence-electron chi connectivity index (χ1n) is 6.51. The Hall–Kier alpha value is -3.04. The molecule has 0 bridgehead atoms. The van der Waals surface area contributed by atoms with Crippen LogP contribution in [0.1, 0.15) is 16.1 Å². The molecular weight excluding hydrogens is 331 g/mol. The fraction of sp³-hybridized carbons (Fsp3) is 0.214. The minimum absolute atomic E-state index is 0.0286. The monoisotopic (exact) mass is 343 g/mol. The topological polar surface area (TPSA) is 93.5 Å². The van der Waals surface area contributed by atoms with E-state index in [0.717, 1.165) is 12.7 Å². The van der Waals surface area contributed by atoms with E-state index >= 15 is 0 Å². The number of oxazole rings is 1. The van der Waals surface area contributed by atoms with Crippen molar-refractivity contribution in [1.82, 2.24) is 10.4 Å². The van der Waals surface area contributed by atoms with Crippen LogP contribution in [0.5, 0.6) is 0 Å². The average molecular weight is 343 g/mol. The molecule has 24 heavy (non-hydrogen) atoms. The van der Waals surface area contributed by atoms with Gasteiger partial charge >= 0.3 is 18.1 Å². The summed E-state index contributed by atoms with van der Waals surface area (Å²) in [7, 11) is 1.07. The first-order chi connectivity index (χ1) is 11.2. The molecule has 0 saturated heterocycles. The Morgan fingerprint density at radius 2 is 1.83 bits per heavy atom. The molecule has 0 unspecified atom stereocenters. The summed E-state index contributed by atoms with van der Waals surface area (Å²) >= 11 is 0. The number of esters is 1. The minimum atomic E-state index is -5.10. The third kappa shape index (κ3) is 3.83. The predicted molar refractivity (Wildman–Crippen MR) is 75.8 cm³/mol. The number of ether oxygens (including phenoxy) is 1. The number of carbonyl (C=O) groups excluding carboxylic acids is 2. The molecule has 1 aromatic carbocycles. The number of nitrogens with one attached hydrogen (secondary N) is 2. The number of amides is 1. The van der Waals surface area contributed by atoms with Crippen LogP contribution in [0.25, 0.3) is 11.5 Å². The van der Waals surface area contributed by atoms with Gasteiger partial charge in [-0.15, -0.1) is 0 Å². The van der Waals surface area contributed by atoms with E-state index in [4.69, 9.17) is 4.42 Å². The lowest BCUT2D eigenvalue weighted by Crippen LogP contribution is -2.40. The lowest BCUT2D eigenvalue weighted by atomic mass is 10.1. The van der Waals surface area contributed by atoms with Gasteiger partial charge in [0.2, 0.25) is 17.5 Å². The van der Waals surface area contributed by atoms with Crippen molar-refractivity contribution in [3.63, 3.8) is 0 Å². The number of hydrogen-bond acceptors (Lipinski definition) is 6. The second-order valence-electron chi connectivity index (χ2n) is 4.63. The molecule has 0 saturated carbocycles. The Bertz CT molecular complexity index is 754. The Morgan fingerprint density at radius 3 is 2.38 bits per heavy atom. The molecule has 0 fully saturated rings. The molecule has 0 aliphatic rings. The Kier molecular flexibility index (Phi) is 4.77. The summed E-state index contributed by atoms with van der Waals surface area (Å²) in [6.07, 6.45) is -5.10. The van der Waals surface area contributed by atoms with Gasteiger partial charge in [-0.25, -0.2) is 4.79 Å². The zero-order valence-electron chi connectivity index (χ0n) is 12.5. The normalized spacial score (nSPS) is 11.0. The molecule has 1 amide bonds. The highest BCUT2D eigenvalue weighted by molar-refractivity contribution is 5.93. The molecule has 1 aromatic heterocycles. The van der Waals surface area contributed by atoms with E-state index < -0.39 is 29.6 Å². The van der Waals surface area contributed by atoms with Crippen LogP contribution in [0.2, 0.25) is 0 Å². The lowest BCUT2D eigenvalue weighted by molar-refractivity contribution is -0.173. The number of hydrazine groups is 1. The number of hydrogen-bond donors (Lipinski definition) is 2. The standard InChI is InChI=1S/C14H12F3N3O4/c1-7-3-5-8(6-4-7)10-18-9(12(21)23-2)11(24-10)19-20-13(22)14(15,16)17/h3-6,19H,1-2H3,(H,20,22). The van der Waals surface area contributed by atoms with Gasteiger partial charge < -0.3 is 9.15 Å². The van der Waals surface area contributed by atoms with Gasteiger partial charge in [-0.05, 0) is 19.1 Å². The number of methoxy groups -OCH3 is 1. The first kappa shape index (κ1) is 17.3. The maximum Gasteiger partial charge on any atom is 0.472 e. The summed E-state index contributed by atoms with van der Waals surface area (Å²) in [5, 5.41) is 0. The van der Waals surface area contributed by atoms with Crippen LogP contribution in [0.4, 0.5) is 19.1 Å². The van der Waals surface area contributed by atoms with Gasteiger partial charge in [0.15, 0.2) is 0 Å². The molecule has 10 heteroatoms. The SMILES string of the molecule is COC(=O)c1nc(-c2ccc(C)cc2)oc1NNC(=O)C(F)(F)F. The molecule has 128 valence electrons. The molecule has 0 aliphatic carbocycles. The van der Waals surface area contributed by atoms with E-state index in [9.17, 15) is 22.8 Å². The van der Waals surface area contributed by atoms with Gasteiger partial charge in [0.1, 0.15) is 0 Å². The summed E-state index contributed by atoms with van der Waals surface area (Å²) in [5.74, 6) is -3.71. The fourth-order valence-corrected chi connectivity index (χ4v) is 1.64. The smallest absolute Gasteiger partial charge is 0.464 e. The summed E-state index contributed by atoms with van der Waals surface area (Å²) in [5.41, 5.74) is 4.31. The third-order valence-corrected chi connectivity index (χ3v) is 2.85. The number of anilines is 1. The molecule has 7 nitrogen and oxygen atoms in total. The van der Waals surface area contributed by atoms with E-state index in [0.29, 0.717) is 5.56 Å². The van der Waals surface area contributed by atoms with Crippen molar-refractivity contribution in [2.24, 2.45) is 0 Å². The van der Waals surface area contributed by atoms with Crippen LogP contribution in [0.15, 0.2) is 28.7 Å². The molecule has 0 radical (unpaired) electrons. The minimum Gasteiger partial charge on any atom is -0.464 e. The zero-order valence-corrected chi connectivity index (χ0v) is 12.5. The van der Waals surface area contributed by atoms with Crippen molar-refractivity contribution < 1.29 is 31.9 Å². The van der Waals surface area contributed by atoms with E-state index in [1.54, 1.807) is 24.3 Å². The second-order valence-corrected chi connectivity index (χ2v) is 4.63. The first-order valence-corrected chi connectivity index (χ1v) is 6.51. The Labute approximate surface area is 133 Å². The van der Waals surface area contributed by atoms with Crippen LogP contribution in [-0.4, -0.2) is 30.1 Å². The number of nitrogens with zero attached hydrogens (tertiary/aromatic N) is 1. The molecule has 0 spiro atoms. The highest BCUT2D eigenvalue weighted by atomic mass is 19.4. The van der Waals surface area contributed by atoms with Crippen molar-refractivity contribution in [2.75, 3.05) is 12.5 Å². The number of aromatic nitrogens is 1. The number of benzene rings is 1. The third-order valence-electron chi connectivity index (χ3n) is 2.85. The van der Waals surface area contributed by atoms with Crippen molar-refractivity contribution >= 4 is 17.8 Å². The van der Waals surface area contributed by atoms with Crippen LogP contribution >= 0.6 is 0 Å². The largest absolute Gasteiger partial charge is 0.472 e. The number of alkyl halides is 3. The molecule has 1 heterocycles. The number of carbonyl (C=O) groups is 2. The van der Waals surface area contributed by atoms with E-state index in [1.807, 2.05) is 12.3 Å². The molecule has 2 N–H and O–H groups in total. The molecule has 0 atom stereocenters. The number of rotatable bonds is 4. The zero-order chi connectivity index (χ0) is 17.9. The molecular formula is C14H12F3N3O4. The lowest BCUT2D eigenvalue weighted by Gasteiger charge is -2.08. The van der Waals surface area contributed by atoms with Crippen LogP contribution in [0, 0.1) is 6.92 Å². The fourth-order valence-electron chi connectivity index (χ4n) is 1.64. The second kappa shape index (κ2) is 6.60. The maximum atomic E-state index is 12.2. The number of aryl methyl sites for hydroxylation is 1. The van der Waals surface area contributed by atoms with E-state index in [1.165, 1.54) is 5.43 Å². The van der Waals surface area contributed by atoms with Gasteiger partial charge in [0.25, 0.3) is 0 Å². The molecule has 2 aromatic rings. The van der Waals surface area contributed by atoms with Crippen molar-refractivity contribution in [2.45, 2.75) is 13.1 Å². The van der Waals surface area contributed by atoms with Crippen LogP contribution < -0.4 is 10.9 Å². The Balaban J connectivity index is 2.30. The van der Waals surface area contributed by atoms with Crippen molar-refractivity contribution in [1.29, 1.82) is 0 Å². The van der Waals surface area contributed by atoms with Gasteiger partial charge in [-0.1, -0.05) is 17.7 Å². The number of halogens is 3.